The van der Waals surface area contributed by atoms with E-state index < -0.39 is 0 Å². The van der Waals surface area contributed by atoms with Gasteiger partial charge in [0.25, 0.3) is 0 Å². The normalized spacial score (nSPS) is 11.5. The van der Waals surface area contributed by atoms with Crippen LogP contribution in [0, 0.1) is 0 Å². The summed E-state index contributed by atoms with van der Waals surface area (Å²) in [5.41, 5.74) is 1.43. The van der Waals surface area contributed by atoms with Crippen molar-refractivity contribution in [1.29, 1.82) is 0 Å². The van der Waals surface area contributed by atoms with Crippen LogP contribution in [0.5, 0.6) is 0 Å². The predicted molar refractivity (Wildman–Crippen MR) is 102 cm³/mol. The number of hydrogen-bond donors (Lipinski definition) is 0. The Labute approximate surface area is 150 Å². The molecule has 24 heavy (non-hydrogen) atoms. The van der Waals surface area contributed by atoms with Crippen molar-refractivity contribution in [3.63, 3.8) is 0 Å². The van der Waals surface area contributed by atoms with Crippen LogP contribution in [0.4, 0.5) is 0 Å². The topological polar surface area (TPSA) is 38.1 Å². The summed E-state index contributed by atoms with van der Waals surface area (Å²) < 4.78 is 2.42. The van der Waals surface area contributed by atoms with Gasteiger partial charge >= 0.3 is 5.69 Å². The Morgan fingerprint density at radius 1 is 1.21 bits per heavy atom. The van der Waals surface area contributed by atoms with Crippen LogP contribution in [0.1, 0.15) is 13.8 Å². The van der Waals surface area contributed by atoms with Crippen LogP contribution in [0.2, 0.25) is 4.34 Å². The van der Waals surface area contributed by atoms with Gasteiger partial charge in [0, 0.05) is 24.0 Å². The van der Waals surface area contributed by atoms with Crippen molar-refractivity contribution in [2.24, 2.45) is 0 Å². The summed E-state index contributed by atoms with van der Waals surface area (Å²) >= 11 is 7.69. The van der Waals surface area contributed by atoms with E-state index in [4.69, 9.17) is 11.6 Å². The molecule has 6 heteroatoms. The molecule has 3 rings (SSSR count). The smallest absolute Gasteiger partial charge is 0.302 e. The van der Waals surface area contributed by atoms with Gasteiger partial charge in [0.05, 0.1) is 10.0 Å². The van der Waals surface area contributed by atoms with E-state index in [2.05, 4.69) is 23.7 Å². The summed E-state index contributed by atoms with van der Waals surface area (Å²) in [5.74, 6) is 0. The highest BCUT2D eigenvalue weighted by Crippen LogP contribution is 2.34. The van der Waals surface area contributed by atoms with Crippen molar-refractivity contribution >= 4 is 33.2 Å². The summed E-state index contributed by atoms with van der Waals surface area (Å²) in [5, 5.41) is 0.940. The second-order valence-electron chi connectivity index (χ2n) is 5.56. The van der Waals surface area contributed by atoms with E-state index in [0.29, 0.717) is 16.6 Å². The zero-order chi connectivity index (χ0) is 17.1. The lowest BCUT2D eigenvalue weighted by atomic mass is 10.1. The van der Waals surface area contributed by atoms with Crippen molar-refractivity contribution in [3.05, 3.63) is 51.2 Å². The molecule has 2 aromatic heterocycles. The zero-order valence-electron chi connectivity index (χ0n) is 13.8. The van der Waals surface area contributed by atoms with Crippen LogP contribution in [0.3, 0.4) is 0 Å². The van der Waals surface area contributed by atoms with Crippen molar-refractivity contribution < 1.29 is 0 Å². The maximum atomic E-state index is 12.6. The second kappa shape index (κ2) is 7.47. The van der Waals surface area contributed by atoms with Crippen molar-refractivity contribution in [1.82, 2.24) is 14.5 Å². The standard InChI is InChI=1S/C18H20ClN3OS/c1-3-21(4-2)10-11-22-17-14(12-15(19)24-17)16(20-18(22)23)13-8-6-5-7-9-13/h5-9,12H,3-4,10-11H2,1-2H3. The molecule has 0 aliphatic rings. The lowest BCUT2D eigenvalue weighted by Crippen LogP contribution is -2.32. The molecule has 0 fully saturated rings. The molecule has 0 aliphatic heterocycles. The molecule has 4 nitrogen and oxygen atoms in total. The summed E-state index contributed by atoms with van der Waals surface area (Å²) in [7, 11) is 0. The molecular formula is C18H20ClN3OS. The molecule has 0 radical (unpaired) electrons. The van der Waals surface area contributed by atoms with Crippen LogP contribution in [-0.4, -0.2) is 34.1 Å². The van der Waals surface area contributed by atoms with E-state index >= 15 is 0 Å². The first-order chi connectivity index (χ1) is 11.6. The van der Waals surface area contributed by atoms with Gasteiger partial charge in [-0.15, -0.1) is 11.3 Å². The molecule has 3 aromatic rings. The number of likely N-dealkylation sites (N-methyl/N-ethyl adjacent to an activating group) is 1. The van der Waals surface area contributed by atoms with Gasteiger partial charge in [-0.05, 0) is 19.2 Å². The highest BCUT2D eigenvalue weighted by molar-refractivity contribution is 7.22. The second-order valence-corrected chi connectivity index (χ2v) is 7.22. The molecule has 126 valence electrons. The minimum Gasteiger partial charge on any atom is -0.302 e. The molecule has 0 atom stereocenters. The Hall–Kier alpha value is -1.69. The van der Waals surface area contributed by atoms with Gasteiger partial charge in [-0.3, -0.25) is 4.57 Å². The molecule has 0 N–H and O–H groups in total. The molecule has 0 aliphatic carbocycles. The average molecular weight is 362 g/mol. The number of aromatic nitrogens is 2. The fourth-order valence-corrected chi connectivity index (χ4v) is 4.05. The van der Waals surface area contributed by atoms with Crippen LogP contribution in [0.15, 0.2) is 41.2 Å². The lowest BCUT2D eigenvalue weighted by Gasteiger charge is -2.18. The van der Waals surface area contributed by atoms with Crippen molar-refractivity contribution in [3.8, 4) is 11.3 Å². The third kappa shape index (κ3) is 3.38. The molecule has 0 bridgehead atoms. The molecular weight excluding hydrogens is 342 g/mol. The minimum absolute atomic E-state index is 0.216. The highest BCUT2D eigenvalue weighted by atomic mass is 35.5. The fourth-order valence-electron chi connectivity index (χ4n) is 2.82. The number of benzene rings is 1. The number of thiophene rings is 1. The van der Waals surface area contributed by atoms with Crippen molar-refractivity contribution in [2.75, 3.05) is 19.6 Å². The Balaban J connectivity index is 2.09. The fraction of sp³-hybridized carbons (Fsp3) is 0.333. The van der Waals surface area contributed by atoms with E-state index in [1.807, 2.05) is 36.4 Å². The summed E-state index contributed by atoms with van der Waals surface area (Å²) in [6.45, 7) is 7.63. The number of nitrogens with zero attached hydrogens (tertiary/aromatic N) is 3. The van der Waals surface area contributed by atoms with Gasteiger partial charge in [-0.1, -0.05) is 55.8 Å². The van der Waals surface area contributed by atoms with E-state index in [0.717, 1.165) is 35.4 Å². The van der Waals surface area contributed by atoms with Gasteiger partial charge in [0.1, 0.15) is 4.83 Å². The number of halogens is 1. The molecule has 0 saturated heterocycles. The van der Waals surface area contributed by atoms with Crippen LogP contribution in [0.25, 0.3) is 21.5 Å². The number of rotatable bonds is 6. The summed E-state index contributed by atoms with van der Waals surface area (Å²) in [6, 6.07) is 11.7. The molecule has 0 amide bonds. The Morgan fingerprint density at radius 3 is 2.58 bits per heavy atom. The third-order valence-corrected chi connectivity index (χ3v) is 5.49. The summed E-state index contributed by atoms with van der Waals surface area (Å²) in [6.07, 6.45) is 0. The van der Waals surface area contributed by atoms with E-state index in [1.54, 1.807) is 4.57 Å². The van der Waals surface area contributed by atoms with Gasteiger partial charge < -0.3 is 4.90 Å². The Bertz CT molecular complexity index is 884. The first kappa shape index (κ1) is 17.1. The Kier molecular flexibility index (Phi) is 5.33. The first-order valence-electron chi connectivity index (χ1n) is 8.11. The number of hydrogen-bond acceptors (Lipinski definition) is 4. The maximum Gasteiger partial charge on any atom is 0.349 e. The highest BCUT2D eigenvalue weighted by Gasteiger charge is 2.15. The molecule has 1 aromatic carbocycles. The predicted octanol–water partition coefficient (Wildman–Crippen LogP) is 4.12. The Morgan fingerprint density at radius 2 is 1.92 bits per heavy atom. The van der Waals surface area contributed by atoms with Gasteiger partial charge in [-0.2, -0.15) is 4.98 Å². The monoisotopic (exact) mass is 361 g/mol. The SMILES string of the molecule is CCN(CC)CCn1c(=O)nc(-c2ccccc2)c2cc(Cl)sc21. The van der Waals surface area contributed by atoms with E-state index in [-0.39, 0.29) is 5.69 Å². The van der Waals surface area contributed by atoms with Gasteiger partial charge in [-0.25, -0.2) is 4.79 Å². The van der Waals surface area contributed by atoms with E-state index in [9.17, 15) is 4.79 Å². The molecule has 0 unspecified atom stereocenters. The third-order valence-electron chi connectivity index (χ3n) is 4.20. The largest absolute Gasteiger partial charge is 0.349 e. The molecule has 0 spiro atoms. The minimum atomic E-state index is -0.216. The quantitative estimate of drug-likeness (QED) is 0.662. The van der Waals surface area contributed by atoms with Gasteiger partial charge in [0.2, 0.25) is 0 Å². The van der Waals surface area contributed by atoms with Gasteiger partial charge in [0.15, 0.2) is 0 Å². The van der Waals surface area contributed by atoms with Crippen LogP contribution < -0.4 is 5.69 Å². The summed E-state index contributed by atoms with van der Waals surface area (Å²) in [4.78, 5) is 20.2. The van der Waals surface area contributed by atoms with Crippen LogP contribution in [-0.2, 0) is 6.54 Å². The lowest BCUT2D eigenvalue weighted by molar-refractivity contribution is 0.290. The maximum absolute atomic E-state index is 12.6. The van der Waals surface area contributed by atoms with Crippen molar-refractivity contribution in [2.45, 2.75) is 20.4 Å². The first-order valence-corrected chi connectivity index (χ1v) is 9.31. The molecule has 0 saturated carbocycles. The molecule has 2 heterocycles. The average Bonchev–Trinajstić information content (AvgIpc) is 2.99. The zero-order valence-corrected chi connectivity index (χ0v) is 15.4. The van der Waals surface area contributed by atoms with E-state index in [1.165, 1.54) is 11.3 Å². The van der Waals surface area contributed by atoms with Crippen LogP contribution >= 0.6 is 22.9 Å². The number of fused-ring (bicyclic) bond motifs is 1.